The third-order valence-corrected chi connectivity index (χ3v) is 13.5. The average Bonchev–Trinajstić information content (AvgIpc) is 2.81. The first-order valence-electron chi connectivity index (χ1n) is 14.2. The van der Waals surface area contributed by atoms with E-state index in [9.17, 15) is 30.6 Å². The lowest BCUT2D eigenvalue weighted by atomic mass is 9.33. The molecule has 6 N–H and O–H groups in total. The molecule has 0 spiro atoms. The summed E-state index contributed by atoms with van der Waals surface area (Å²) in [6.07, 6.45) is 4.21. The summed E-state index contributed by atoms with van der Waals surface area (Å²) in [7, 11) is 0. The molecule has 5 rings (SSSR count). The maximum absolute atomic E-state index is 11.8. The molecular weight excluding hydrogens is 456 g/mol. The van der Waals surface area contributed by atoms with E-state index in [-0.39, 0.29) is 41.3 Å². The summed E-state index contributed by atoms with van der Waals surface area (Å²) in [6, 6.07) is 0. The van der Waals surface area contributed by atoms with Crippen LogP contribution in [0.2, 0.25) is 0 Å². The molecular formula is C30H50O6. The van der Waals surface area contributed by atoms with Gasteiger partial charge in [-0.05, 0) is 84.4 Å². The van der Waals surface area contributed by atoms with Crippen molar-refractivity contribution in [3.05, 3.63) is 11.6 Å². The van der Waals surface area contributed by atoms with Crippen LogP contribution in [0, 0.1) is 50.2 Å². The second-order valence-electron chi connectivity index (χ2n) is 15.1. The molecule has 4 saturated carbocycles. The second-order valence-corrected chi connectivity index (χ2v) is 15.1. The third kappa shape index (κ3) is 2.95. The maximum atomic E-state index is 11.8. The molecule has 6 nitrogen and oxygen atoms in total. The van der Waals surface area contributed by atoms with Gasteiger partial charge in [0.2, 0.25) is 0 Å². The van der Waals surface area contributed by atoms with Crippen LogP contribution in [0.15, 0.2) is 11.6 Å². The second kappa shape index (κ2) is 8.02. The number of rotatable bonds is 2. The Morgan fingerprint density at radius 3 is 2.06 bits per heavy atom. The Morgan fingerprint density at radius 2 is 1.44 bits per heavy atom. The monoisotopic (exact) mass is 506 g/mol. The van der Waals surface area contributed by atoms with Gasteiger partial charge in [-0.15, -0.1) is 0 Å². The number of aliphatic hydroxyl groups excluding tert-OH is 6. The van der Waals surface area contributed by atoms with E-state index in [1.54, 1.807) is 0 Å². The van der Waals surface area contributed by atoms with E-state index in [4.69, 9.17) is 0 Å². The first-order valence-corrected chi connectivity index (χ1v) is 14.2. The van der Waals surface area contributed by atoms with Gasteiger partial charge in [0.15, 0.2) is 0 Å². The van der Waals surface area contributed by atoms with E-state index in [0.717, 1.165) is 25.7 Å². The molecule has 5 aliphatic carbocycles. The Labute approximate surface area is 216 Å². The van der Waals surface area contributed by atoms with Gasteiger partial charge in [0.25, 0.3) is 0 Å². The zero-order valence-corrected chi connectivity index (χ0v) is 23.2. The Hall–Kier alpha value is -0.500. The molecule has 0 bridgehead atoms. The number of allylic oxidation sites excluding steroid dienone is 2. The molecule has 0 aromatic carbocycles. The summed E-state index contributed by atoms with van der Waals surface area (Å²) in [5, 5.41) is 66.1. The first kappa shape index (κ1) is 27.1. The lowest BCUT2D eigenvalue weighted by molar-refractivity contribution is -0.259. The minimum atomic E-state index is -1.19. The molecule has 0 heterocycles. The van der Waals surface area contributed by atoms with Crippen molar-refractivity contribution >= 4 is 0 Å². The molecule has 0 aromatic rings. The highest BCUT2D eigenvalue weighted by atomic mass is 16.3. The van der Waals surface area contributed by atoms with Crippen LogP contribution in [0.5, 0.6) is 0 Å². The standard InChI is InChI=1S/C30H50O6/c1-25(2)13-18-17-7-8-20-26(3)11-10-21(33)27(4,15-31)19(26)9-12-28(20,5)29(17,6)14-22(34)30(18,16-32)24(36)23(25)35/h7,18-24,31-36H,8-16H2,1-6H3/t18-,19?,20-,21+,22-,23+,24+,26+,27?,28-,29-,30+/m1/s1. The summed E-state index contributed by atoms with van der Waals surface area (Å²) in [5.41, 5.74) is -1.40. The van der Waals surface area contributed by atoms with Gasteiger partial charge in [0.05, 0.1) is 43.0 Å². The van der Waals surface area contributed by atoms with Gasteiger partial charge in [0, 0.05) is 5.41 Å². The van der Waals surface area contributed by atoms with E-state index < -0.39 is 40.7 Å². The van der Waals surface area contributed by atoms with E-state index in [2.05, 4.69) is 33.8 Å². The highest BCUT2D eigenvalue weighted by Crippen LogP contribution is 2.75. The van der Waals surface area contributed by atoms with E-state index in [0.29, 0.717) is 25.2 Å². The molecule has 0 aromatic heterocycles. The minimum Gasteiger partial charge on any atom is -0.396 e. The van der Waals surface area contributed by atoms with Crippen molar-refractivity contribution < 1.29 is 30.6 Å². The van der Waals surface area contributed by atoms with Crippen molar-refractivity contribution in [1.29, 1.82) is 0 Å². The lowest BCUT2D eigenvalue weighted by Gasteiger charge is -2.72. The number of hydrogen-bond donors (Lipinski definition) is 6. The molecule has 0 amide bonds. The largest absolute Gasteiger partial charge is 0.396 e. The van der Waals surface area contributed by atoms with Crippen molar-refractivity contribution in [2.24, 2.45) is 50.2 Å². The van der Waals surface area contributed by atoms with Crippen molar-refractivity contribution in [3.63, 3.8) is 0 Å². The molecule has 206 valence electrons. The Balaban J connectivity index is 1.63. The van der Waals surface area contributed by atoms with Gasteiger partial charge in [0.1, 0.15) is 0 Å². The van der Waals surface area contributed by atoms with Crippen LogP contribution in [0.4, 0.5) is 0 Å². The molecule has 12 atom stereocenters. The van der Waals surface area contributed by atoms with Crippen molar-refractivity contribution in [2.45, 2.75) is 111 Å². The number of fused-ring (bicyclic) bond motifs is 7. The summed E-state index contributed by atoms with van der Waals surface area (Å²) < 4.78 is 0. The predicted molar refractivity (Wildman–Crippen MR) is 138 cm³/mol. The van der Waals surface area contributed by atoms with Crippen LogP contribution in [-0.2, 0) is 0 Å². The highest BCUT2D eigenvalue weighted by molar-refractivity contribution is 5.36. The van der Waals surface area contributed by atoms with Gasteiger partial charge >= 0.3 is 0 Å². The Morgan fingerprint density at radius 1 is 0.778 bits per heavy atom. The zero-order chi connectivity index (χ0) is 26.7. The van der Waals surface area contributed by atoms with E-state index >= 15 is 0 Å². The molecule has 4 fully saturated rings. The Bertz CT molecular complexity index is 932. The van der Waals surface area contributed by atoms with Crippen LogP contribution in [-0.4, -0.2) is 68.3 Å². The van der Waals surface area contributed by atoms with Gasteiger partial charge in [-0.3, -0.25) is 0 Å². The smallest absolute Gasteiger partial charge is 0.0913 e. The Kier molecular flexibility index (Phi) is 6.03. The zero-order valence-electron chi connectivity index (χ0n) is 23.2. The minimum absolute atomic E-state index is 0.00861. The van der Waals surface area contributed by atoms with Crippen LogP contribution < -0.4 is 0 Å². The van der Waals surface area contributed by atoms with Crippen LogP contribution in [0.25, 0.3) is 0 Å². The van der Waals surface area contributed by atoms with E-state index in [1.807, 2.05) is 13.8 Å². The molecule has 0 aliphatic heterocycles. The third-order valence-electron chi connectivity index (χ3n) is 13.5. The molecule has 5 aliphatic rings. The molecule has 2 unspecified atom stereocenters. The first-order chi connectivity index (χ1) is 16.6. The molecule has 0 saturated heterocycles. The topological polar surface area (TPSA) is 121 Å². The lowest BCUT2D eigenvalue weighted by Crippen LogP contribution is -2.71. The molecule has 36 heavy (non-hydrogen) atoms. The highest BCUT2D eigenvalue weighted by Gasteiger charge is 2.72. The predicted octanol–water partition coefficient (Wildman–Crippen LogP) is 3.03. The van der Waals surface area contributed by atoms with Crippen LogP contribution in [0.1, 0.15) is 86.5 Å². The van der Waals surface area contributed by atoms with Gasteiger partial charge in [-0.2, -0.15) is 0 Å². The average molecular weight is 507 g/mol. The number of hydrogen-bond acceptors (Lipinski definition) is 6. The summed E-state index contributed by atoms with van der Waals surface area (Å²) in [4.78, 5) is 0. The fourth-order valence-electron chi connectivity index (χ4n) is 10.9. The van der Waals surface area contributed by atoms with Crippen molar-refractivity contribution in [3.8, 4) is 0 Å². The summed E-state index contributed by atoms with van der Waals surface area (Å²) >= 11 is 0. The van der Waals surface area contributed by atoms with E-state index in [1.165, 1.54) is 5.57 Å². The fraction of sp³-hybridized carbons (Fsp3) is 0.933. The maximum Gasteiger partial charge on any atom is 0.0913 e. The summed E-state index contributed by atoms with van der Waals surface area (Å²) in [5.74, 6) is 0.367. The van der Waals surface area contributed by atoms with Crippen LogP contribution >= 0.6 is 0 Å². The van der Waals surface area contributed by atoms with Crippen LogP contribution in [0.3, 0.4) is 0 Å². The van der Waals surface area contributed by atoms with Gasteiger partial charge in [-0.1, -0.05) is 53.2 Å². The van der Waals surface area contributed by atoms with Crippen molar-refractivity contribution in [1.82, 2.24) is 0 Å². The van der Waals surface area contributed by atoms with Gasteiger partial charge < -0.3 is 30.6 Å². The van der Waals surface area contributed by atoms with Crippen molar-refractivity contribution in [2.75, 3.05) is 13.2 Å². The number of aliphatic hydroxyl groups is 6. The molecule has 0 radical (unpaired) electrons. The molecule has 6 heteroatoms. The summed E-state index contributed by atoms with van der Waals surface area (Å²) in [6.45, 7) is 12.7. The SMILES string of the molecule is CC1(C)C[C@@H]2C3=CC[C@@H]4[C@@]5(C)CC[C@H](O)C(C)(CO)C5CC[C@@]4(C)[C@]3(C)C[C@@H](O)[C@@]2(CO)[C@@H](O)[C@@H]1O. The quantitative estimate of drug-likeness (QED) is 0.320. The normalized spacial score (nSPS) is 58.1. The van der Waals surface area contributed by atoms with Gasteiger partial charge in [-0.25, -0.2) is 0 Å². The fourth-order valence-corrected chi connectivity index (χ4v) is 10.9.